The number of amides is 2. The second kappa shape index (κ2) is 5.29. The molecule has 4 N–H and O–H groups in total. The lowest BCUT2D eigenvalue weighted by Crippen LogP contribution is -2.36. The summed E-state index contributed by atoms with van der Waals surface area (Å²) in [4.78, 5) is 22.1. The molecule has 0 aromatic carbocycles. The molecule has 0 aromatic heterocycles. The molecule has 4 nitrogen and oxygen atoms in total. The van der Waals surface area contributed by atoms with E-state index in [0.717, 1.165) is 25.7 Å². The van der Waals surface area contributed by atoms with E-state index in [4.69, 9.17) is 11.5 Å². The minimum Gasteiger partial charge on any atom is -0.370 e. The summed E-state index contributed by atoms with van der Waals surface area (Å²) in [7, 11) is 0. The van der Waals surface area contributed by atoms with Crippen LogP contribution in [0.15, 0.2) is 0 Å². The van der Waals surface area contributed by atoms with Gasteiger partial charge < -0.3 is 11.5 Å². The third-order valence-corrected chi connectivity index (χ3v) is 4.53. The van der Waals surface area contributed by atoms with E-state index in [1.807, 2.05) is 0 Å². The fourth-order valence-electron chi connectivity index (χ4n) is 3.29. The van der Waals surface area contributed by atoms with Gasteiger partial charge in [-0.15, -0.1) is 0 Å². The zero-order valence-corrected chi connectivity index (χ0v) is 11.8. The average Bonchev–Trinajstić information content (AvgIpc) is 2.13. The van der Waals surface area contributed by atoms with Crippen LogP contribution in [0.1, 0.15) is 59.3 Å². The summed E-state index contributed by atoms with van der Waals surface area (Å²) in [6.45, 7) is 6.35. The van der Waals surface area contributed by atoms with Gasteiger partial charge in [-0.3, -0.25) is 9.59 Å². The van der Waals surface area contributed by atoms with Crippen molar-refractivity contribution in [2.45, 2.75) is 59.3 Å². The van der Waals surface area contributed by atoms with Crippen molar-refractivity contribution < 1.29 is 9.59 Å². The summed E-state index contributed by atoms with van der Waals surface area (Å²) in [5, 5.41) is 0. The molecule has 0 saturated heterocycles. The Bertz CT molecular complexity index is 329. The Balaban J connectivity index is 2.58. The molecule has 104 valence electrons. The Labute approximate surface area is 109 Å². The van der Waals surface area contributed by atoms with E-state index >= 15 is 0 Å². The number of carbonyl (C=O) groups excluding carboxylic acids is 2. The third kappa shape index (κ3) is 4.00. The molecule has 1 aliphatic rings. The summed E-state index contributed by atoms with van der Waals surface area (Å²) < 4.78 is 0. The van der Waals surface area contributed by atoms with E-state index in [9.17, 15) is 9.59 Å². The van der Waals surface area contributed by atoms with Crippen molar-refractivity contribution in [2.75, 3.05) is 0 Å². The van der Waals surface area contributed by atoms with Crippen LogP contribution in [0.2, 0.25) is 0 Å². The molecule has 0 radical (unpaired) electrons. The first-order valence-corrected chi connectivity index (χ1v) is 6.71. The van der Waals surface area contributed by atoms with Gasteiger partial charge in [-0.2, -0.15) is 0 Å². The second-order valence-electron chi connectivity index (χ2n) is 6.86. The predicted molar refractivity (Wildman–Crippen MR) is 71.5 cm³/mol. The fourth-order valence-corrected chi connectivity index (χ4v) is 3.29. The number of hydrogen-bond acceptors (Lipinski definition) is 2. The molecular weight excluding hydrogens is 228 g/mol. The van der Waals surface area contributed by atoms with Crippen molar-refractivity contribution in [3.8, 4) is 0 Å². The monoisotopic (exact) mass is 254 g/mol. The first-order valence-electron chi connectivity index (χ1n) is 6.71. The third-order valence-electron chi connectivity index (χ3n) is 4.53. The molecule has 4 heteroatoms. The fraction of sp³-hybridized carbons (Fsp3) is 0.857. The number of rotatable bonds is 5. The van der Waals surface area contributed by atoms with E-state index in [1.165, 1.54) is 0 Å². The van der Waals surface area contributed by atoms with Crippen molar-refractivity contribution in [1.82, 2.24) is 0 Å². The van der Waals surface area contributed by atoms with Gasteiger partial charge in [0.1, 0.15) is 0 Å². The van der Waals surface area contributed by atoms with Gasteiger partial charge in [0.15, 0.2) is 0 Å². The topological polar surface area (TPSA) is 86.2 Å². The van der Waals surface area contributed by atoms with E-state index in [0.29, 0.717) is 18.8 Å². The van der Waals surface area contributed by atoms with E-state index in [-0.39, 0.29) is 22.6 Å². The maximum absolute atomic E-state index is 11.1. The molecule has 0 bridgehead atoms. The Morgan fingerprint density at radius 2 is 1.67 bits per heavy atom. The zero-order chi connectivity index (χ0) is 14.0. The molecule has 2 amide bonds. The number of hydrogen-bond donors (Lipinski definition) is 2. The molecule has 0 aromatic rings. The Morgan fingerprint density at radius 1 is 1.17 bits per heavy atom. The zero-order valence-electron chi connectivity index (χ0n) is 11.8. The van der Waals surface area contributed by atoms with Crippen LogP contribution < -0.4 is 11.5 Å². The molecule has 18 heavy (non-hydrogen) atoms. The standard InChI is InChI=1S/C14H26N2O2/c1-13(2,8-11(15)17)10-4-6-14(3,7-5-10)9-12(16)18/h10H,4-9H2,1-3H3,(H2,15,17)(H2,16,18). The smallest absolute Gasteiger partial charge is 0.217 e. The van der Waals surface area contributed by atoms with Gasteiger partial charge in [-0.25, -0.2) is 0 Å². The summed E-state index contributed by atoms with van der Waals surface area (Å²) in [5.41, 5.74) is 10.6. The van der Waals surface area contributed by atoms with E-state index < -0.39 is 0 Å². The molecule has 0 spiro atoms. The van der Waals surface area contributed by atoms with Gasteiger partial charge >= 0.3 is 0 Å². The normalized spacial score (nSPS) is 28.9. The quantitative estimate of drug-likeness (QED) is 0.785. The molecule has 0 heterocycles. The van der Waals surface area contributed by atoms with Gasteiger partial charge in [-0.05, 0) is 42.4 Å². The number of nitrogens with two attached hydrogens (primary N) is 2. The lowest BCUT2D eigenvalue weighted by Gasteiger charge is -2.43. The molecule has 0 aliphatic heterocycles. The molecule has 1 rings (SSSR count). The molecule has 1 aliphatic carbocycles. The molecule has 0 unspecified atom stereocenters. The van der Waals surface area contributed by atoms with Crippen molar-refractivity contribution in [3.63, 3.8) is 0 Å². The van der Waals surface area contributed by atoms with Crippen LogP contribution in [0.25, 0.3) is 0 Å². The minimum atomic E-state index is -0.231. The van der Waals surface area contributed by atoms with Gasteiger partial charge in [0, 0.05) is 12.8 Å². The highest BCUT2D eigenvalue weighted by Crippen LogP contribution is 2.47. The first-order chi connectivity index (χ1) is 8.15. The minimum absolute atomic E-state index is 0.0418. The van der Waals surface area contributed by atoms with Gasteiger partial charge in [0.2, 0.25) is 11.8 Å². The van der Waals surface area contributed by atoms with Crippen LogP contribution in [-0.4, -0.2) is 11.8 Å². The average molecular weight is 254 g/mol. The lowest BCUT2D eigenvalue weighted by molar-refractivity contribution is -0.121. The van der Waals surface area contributed by atoms with Crippen molar-refractivity contribution in [1.29, 1.82) is 0 Å². The summed E-state index contributed by atoms with van der Waals surface area (Å²) in [5.74, 6) is 0.0590. The van der Waals surface area contributed by atoms with Crippen molar-refractivity contribution in [2.24, 2.45) is 28.2 Å². The Morgan fingerprint density at radius 3 is 2.06 bits per heavy atom. The van der Waals surface area contributed by atoms with Gasteiger partial charge in [0.25, 0.3) is 0 Å². The molecular formula is C14H26N2O2. The van der Waals surface area contributed by atoms with Crippen molar-refractivity contribution >= 4 is 11.8 Å². The maximum atomic E-state index is 11.1. The Kier molecular flexibility index (Phi) is 4.41. The van der Waals surface area contributed by atoms with Crippen LogP contribution >= 0.6 is 0 Å². The SMILES string of the molecule is CC1(CC(N)=O)CCC(C(C)(C)CC(N)=O)CC1. The van der Waals surface area contributed by atoms with Crippen LogP contribution in [0.4, 0.5) is 0 Å². The van der Waals surface area contributed by atoms with Crippen LogP contribution in [0.3, 0.4) is 0 Å². The highest BCUT2D eigenvalue weighted by molar-refractivity contribution is 5.75. The molecule has 1 saturated carbocycles. The highest BCUT2D eigenvalue weighted by Gasteiger charge is 2.38. The molecule has 1 fully saturated rings. The summed E-state index contributed by atoms with van der Waals surface area (Å²) in [6, 6.07) is 0. The Hall–Kier alpha value is -1.06. The van der Waals surface area contributed by atoms with Crippen LogP contribution in [0.5, 0.6) is 0 Å². The van der Waals surface area contributed by atoms with E-state index in [1.54, 1.807) is 0 Å². The van der Waals surface area contributed by atoms with E-state index in [2.05, 4.69) is 20.8 Å². The van der Waals surface area contributed by atoms with Crippen molar-refractivity contribution in [3.05, 3.63) is 0 Å². The highest BCUT2D eigenvalue weighted by atomic mass is 16.1. The predicted octanol–water partition coefficient (Wildman–Crippen LogP) is 1.96. The number of carbonyl (C=O) groups is 2. The first kappa shape index (κ1) is 15.0. The van der Waals surface area contributed by atoms with Gasteiger partial charge in [-0.1, -0.05) is 20.8 Å². The largest absolute Gasteiger partial charge is 0.370 e. The summed E-state index contributed by atoms with van der Waals surface area (Å²) in [6.07, 6.45) is 5.00. The lowest BCUT2D eigenvalue weighted by atomic mass is 9.62. The van der Waals surface area contributed by atoms with Crippen LogP contribution in [-0.2, 0) is 9.59 Å². The van der Waals surface area contributed by atoms with Crippen LogP contribution in [0, 0.1) is 16.7 Å². The summed E-state index contributed by atoms with van der Waals surface area (Å²) >= 11 is 0. The van der Waals surface area contributed by atoms with Gasteiger partial charge in [0.05, 0.1) is 0 Å². The molecule has 0 atom stereocenters. The number of primary amides is 2. The second-order valence-corrected chi connectivity index (χ2v) is 6.86. The maximum Gasteiger partial charge on any atom is 0.217 e.